The number of carboxylic acids is 1. The van der Waals surface area contributed by atoms with E-state index in [1.807, 2.05) is 13.1 Å². The summed E-state index contributed by atoms with van der Waals surface area (Å²) in [6.07, 6.45) is 9.87. The lowest BCUT2D eigenvalue weighted by Crippen LogP contribution is -2.06. The molecule has 0 aliphatic heterocycles. The molecule has 1 N–H and O–H groups in total. The molecule has 0 saturated heterocycles. The Balaban J connectivity index is 1.83. The summed E-state index contributed by atoms with van der Waals surface area (Å²) in [6, 6.07) is 0. The minimum Gasteiger partial charge on any atom is -0.481 e. The minimum atomic E-state index is -0.789. The lowest BCUT2D eigenvalue weighted by atomic mass is 10.0. The second-order valence-corrected chi connectivity index (χ2v) is 6.25. The van der Waals surface area contributed by atoms with Crippen LogP contribution in [0.25, 0.3) is 0 Å². The van der Waals surface area contributed by atoms with Gasteiger partial charge >= 0.3 is 5.97 Å². The molecule has 0 bridgehead atoms. The lowest BCUT2D eigenvalue weighted by Gasteiger charge is -2.12. The van der Waals surface area contributed by atoms with E-state index in [-0.39, 0.29) is 5.75 Å². The van der Waals surface area contributed by atoms with Crippen LogP contribution in [0.4, 0.5) is 0 Å². The Morgan fingerprint density at radius 3 is 2.95 bits per heavy atom. The molecule has 1 aliphatic carbocycles. The number of nitrogens with zero attached hydrogens (tertiary/aromatic N) is 2. The smallest absolute Gasteiger partial charge is 0.313 e. The molecule has 106 valence electrons. The number of thioether (sulfide) groups is 1. The molecule has 1 aromatic rings. The van der Waals surface area contributed by atoms with Crippen LogP contribution in [0.15, 0.2) is 11.4 Å². The zero-order chi connectivity index (χ0) is 13.7. The van der Waals surface area contributed by atoms with Gasteiger partial charge in [-0.3, -0.25) is 4.79 Å². The van der Waals surface area contributed by atoms with Crippen molar-refractivity contribution in [3.05, 3.63) is 11.9 Å². The van der Waals surface area contributed by atoms with Crippen LogP contribution < -0.4 is 0 Å². The van der Waals surface area contributed by atoms with Gasteiger partial charge in [0, 0.05) is 18.4 Å². The van der Waals surface area contributed by atoms with Gasteiger partial charge in [0.25, 0.3) is 0 Å². The van der Waals surface area contributed by atoms with Gasteiger partial charge in [0.1, 0.15) is 0 Å². The Hall–Kier alpha value is -0.970. The highest BCUT2D eigenvalue weighted by Gasteiger charge is 2.15. The highest BCUT2D eigenvalue weighted by atomic mass is 32.2. The van der Waals surface area contributed by atoms with Gasteiger partial charge in [0.05, 0.1) is 5.75 Å². The first-order valence-electron chi connectivity index (χ1n) is 7.03. The standard InChI is InChI=1S/C14H22N2O2S/c1-11-9-15-14(19-10-13(17)18)16(11)8-4-7-12-5-2-3-6-12/h9,12H,2-8,10H2,1H3,(H,17,18). The van der Waals surface area contributed by atoms with E-state index >= 15 is 0 Å². The number of carbonyl (C=O) groups is 1. The molecule has 19 heavy (non-hydrogen) atoms. The molecule has 0 unspecified atom stereocenters. The fourth-order valence-electron chi connectivity index (χ4n) is 2.79. The van der Waals surface area contributed by atoms with Gasteiger partial charge in [0.2, 0.25) is 0 Å². The maximum Gasteiger partial charge on any atom is 0.313 e. The third kappa shape index (κ3) is 4.27. The van der Waals surface area contributed by atoms with E-state index < -0.39 is 5.97 Å². The molecule has 1 saturated carbocycles. The zero-order valence-corrected chi connectivity index (χ0v) is 12.3. The Kier molecular flexibility index (Phi) is 5.31. The van der Waals surface area contributed by atoms with Crippen LogP contribution in [0.3, 0.4) is 0 Å². The number of rotatable bonds is 7. The number of aliphatic carboxylic acids is 1. The molecule has 0 atom stereocenters. The van der Waals surface area contributed by atoms with E-state index in [0.717, 1.165) is 23.3 Å². The van der Waals surface area contributed by atoms with Crippen LogP contribution in [-0.2, 0) is 11.3 Å². The number of aromatic nitrogens is 2. The summed E-state index contributed by atoms with van der Waals surface area (Å²) in [5.74, 6) is 0.209. The number of carboxylic acid groups (broad SMARTS) is 1. The molecular weight excluding hydrogens is 260 g/mol. The molecule has 5 heteroatoms. The summed E-state index contributed by atoms with van der Waals surface area (Å²) in [6.45, 7) is 3.00. The molecule has 1 heterocycles. The fraction of sp³-hybridized carbons (Fsp3) is 0.714. The first-order valence-corrected chi connectivity index (χ1v) is 8.02. The van der Waals surface area contributed by atoms with Crippen LogP contribution in [0.5, 0.6) is 0 Å². The molecule has 0 radical (unpaired) electrons. The maximum absolute atomic E-state index is 10.6. The fourth-order valence-corrected chi connectivity index (χ4v) is 3.56. The molecule has 4 nitrogen and oxygen atoms in total. The lowest BCUT2D eigenvalue weighted by molar-refractivity contribution is -0.133. The molecule has 1 aromatic heterocycles. The van der Waals surface area contributed by atoms with Crippen LogP contribution in [-0.4, -0.2) is 26.4 Å². The van der Waals surface area contributed by atoms with Crippen molar-refractivity contribution < 1.29 is 9.90 Å². The highest BCUT2D eigenvalue weighted by molar-refractivity contribution is 7.99. The summed E-state index contributed by atoms with van der Waals surface area (Å²) in [5.41, 5.74) is 1.12. The van der Waals surface area contributed by atoms with E-state index in [2.05, 4.69) is 9.55 Å². The Labute approximate surface area is 118 Å². The zero-order valence-electron chi connectivity index (χ0n) is 11.5. The number of hydrogen-bond donors (Lipinski definition) is 1. The summed E-state index contributed by atoms with van der Waals surface area (Å²) < 4.78 is 2.16. The molecule has 1 aliphatic rings. The van der Waals surface area contributed by atoms with Gasteiger partial charge in [0.15, 0.2) is 5.16 Å². The van der Waals surface area contributed by atoms with Crippen molar-refractivity contribution in [1.29, 1.82) is 0 Å². The van der Waals surface area contributed by atoms with E-state index in [1.54, 1.807) is 0 Å². The molecular formula is C14H22N2O2S. The quantitative estimate of drug-likeness (QED) is 0.779. The molecule has 0 amide bonds. The second-order valence-electron chi connectivity index (χ2n) is 5.31. The van der Waals surface area contributed by atoms with Crippen LogP contribution >= 0.6 is 11.8 Å². The van der Waals surface area contributed by atoms with E-state index in [4.69, 9.17) is 5.11 Å². The predicted molar refractivity (Wildman–Crippen MR) is 76.5 cm³/mol. The van der Waals surface area contributed by atoms with E-state index in [9.17, 15) is 4.79 Å². The van der Waals surface area contributed by atoms with Crippen molar-refractivity contribution in [3.63, 3.8) is 0 Å². The van der Waals surface area contributed by atoms with Crippen LogP contribution in [0.1, 0.15) is 44.2 Å². The Bertz CT molecular complexity index is 425. The normalized spacial score (nSPS) is 16.1. The van der Waals surface area contributed by atoms with Crippen molar-refractivity contribution in [3.8, 4) is 0 Å². The van der Waals surface area contributed by atoms with Crippen LogP contribution in [0.2, 0.25) is 0 Å². The molecule has 2 rings (SSSR count). The summed E-state index contributed by atoms with van der Waals surface area (Å²) in [5, 5.41) is 9.57. The monoisotopic (exact) mass is 282 g/mol. The summed E-state index contributed by atoms with van der Waals surface area (Å²) in [7, 11) is 0. The van der Waals surface area contributed by atoms with Gasteiger partial charge < -0.3 is 9.67 Å². The molecule has 0 spiro atoms. The van der Waals surface area contributed by atoms with Crippen LogP contribution in [0, 0.1) is 12.8 Å². The van der Waals surface area contributed by atoms with Gasteiger partial charge in [-0.1, -0.05) is 37.4 Å². The number of hydrogen-bond acceptors (Lipinski definition) is 3. The predicted octanol–water partition coefficient (Wildman–Crippen LogP) is 3.34. The first-order chi connectivity index (χ1) is 9.16. The van der Waals surface area contributed by atoms with E-state index in [1.165, 1.54) is 50.3 Å². The highest BCUT2D eigenvalue weighted by Crippen LogP contribution is 2.29. The summed E-state index contributed by atoms with van der Waals surface area (Å²) in [4.78, 5) is 14.9. The van der Waals surface area contributed by atoms with E-state index in [0.29, 0.717) is 0 Å². The van der Waals surface area contributed by atoms with Gasteiger partial charge in [-0.05, 0) is 25.7 Å². The Morgan fingerprint density at radius 1 is 1.53 bits per heavy atom. The Morgan fingerprint density at radius 2 is 2.26 bits per heavy atom. The maximum atomic E-state index is 10.6. The molecule has 0 aromatic carbocycles. The number of imidazole rings is 1. The van der Waals surface area contributed by atoms with Crippen molar-refractivity contribution in [2.75, 3.05) is 5.75 Å². The average Bonchev–Trinajstić information content (AvgIpc) is 2.99. The molecule has 1 fully saturated rings. The van der Waals surface area contributed by atoms with Gasteiger partial charge in [-0.2, -0.15) is 0 Å². The average molecular weight is 282 g/mol. The first kappa shape index (κ1) is 14.4. The minimum absolute atomic E-state index is 0.0824. The van der Waals surface area contributed by atoms with Crippen molar-refractivity contribution in [2.45, 2.75) is 57.1 Å². The van der Waals surface area contributed by atoms with Gasteiger partial charge in [-0.25, -0.2) is 4.98 Å². The van der Waals surface area contributed by atoms with Crippen molar-refractivity contribution >= 4 is 17.7 Å². The summed E-state index contributed by atoms with van der Waals surface area (Å²) >= 11 is 1.31. The SMILES string of the molecule is Cc1cnc(SCC(=O)O)n1CCCC1CCCC1. The second kappa shape index (κ2) is 6.98. The third-order valence-corrected chi connectivity index (χ3v) is 4.79. The number of aryl methyl sites for hydroxylation is 1. The van der Waals surface area contributed by atoms with Crippen molar-refractivity contribution in [2.24, 2.45) is 5.92 Å². The van der Waals surface area contributed by atoms with Crippen molar-refractivity contribution in [1.82, 2.24) is 9.55 Å². The largest absolute Gasteiger partial charge is 0.481 e. The topological polar surface area (TPSA) is 55.1 Å². The van der Waals surface area contributed by atoms with Gasteiger partial charge in [-0.15, -0.1) is 0 Å². The third-order valence-electron chi connectivity index (χ3n) is 3.81.